The molecule has 0 spiro atoms. The van der Waals surface area contributed by atoms with Crippen molar-refractivity contribution in [3.63, 3.8) is 0 Å². The number of allylic oxidation sites excluding steroid dienone is 1. The molecule has 1 N–H and O–H groups in total. The highest BCUT2D eigenvalue weighted by Crippen LogP contribution is 2.29. The minimum absolute atomic E-state index is 0.0392. The van der Waals surface area contributed by atoms with E-state index in [-0.39, 0.29) is 33.7 Å². The lowest BCUT2D eigenvalue weighted by Gasteiger charge is -2.12. The van der Waals surface area contributed by atoms with Gasteiger partial charge in [0, 0.05) is 18.2 Å². The molecule has 0 aliphatic carbocycles. The van der Waals surface area contributed by atoms with E-state index in [1.807, 2.05) is 11.6 Å². The van der Waals surface area contributed by atoms with E-state index in [1.165, 1.54) is 56.8 Å². The maximum atomic E-state index is 14.2. The number of nitrogens with zero attached hydrogens (tertiary/aromatic N) is 2. The molecule has 2 aromatic rings. The quantitative estimate of drug-likeness (QED) is 0.667. The Morgan fingerprint density at radius 1 is 1.23 bits per heavy atom. The van der Waals surface area contributed by atoms with Crippen molar-refractivity contribution >= 4 is 21.6 Å². The lowest BCUT2D eigenvalue weighted by Crippen LogP contribution is -2.31. The smallest absolute Gasteiger partial charge is 0.283 e. The number of sulfonamides is 1. The zero-order valence-corrected chi connectivity index (χ0v) is 18.1. The molecule has 1 aromatic heterocycles. The van der Waals surface area contributed by atoms with Crippen LogP contribution in [-0.2, 0) is 14.8 Å². The second kappa shape index (κ2) is 9.25. The Bertz CT molecular complexity index is 1160. The van der Waals surface area contributed by atoms with Gasteiger partial charge in [0.2, 0.25) is 0 Å². The summed E-state index contributed by atoms with van der Waals surface area (Å²) in [4.78, 5) is 20.7. The van der Waals surface area contributed by atoms with Gasteiger partial charge in [-0.05, 0) is 36.8 Å². The fraction of sp³-hybridized carbons (Fsp3) is 0.286. The first kappa shape index (κ1) is 22.4. The number of nitrogens with one attached hydrogen (secondary N) is 1. The summed E-state index contributed by atoms with van der Waals surface area (Å²) >= 11 is 0. The summed E-state index contributed by atoms with van der Waals surface area (Å²) in [7, 11) is -1.59. The number of pyridine rings is 1. The molecule has 1 amide bonds. The van der Waals surface area contributed by atoms with E-state index in [0.29, 0.717) is 12.1 Å². The fourth-order valence-corrected chi connectivity index (χ4v) is 4.35. The summed E-state index contributed by atoms with van der Waals surface area (Å²) in [5.41, 5.74) is 0.211. The number of aromatic nitrogens is 1. The van der Waals surface area contributed by atoms with E-state index < -0.39 is 21.7 Å². The van der Waals surface area contributed by atoms with E-state index in [4.69, 9.17) is 9.47 Å². The van der Waals surface area contributed by atoms with Gasteiger partial charge in [0.05, 0.1) is 19.9 Å². The molecule has 1 atom stereocenters. The number of aliphatic imine (C=N–C) groups is 1. The van der Waals surface area contributed by atoms with Crippen LogP contribution in [0.4, 0.5) is 4.39 Å². The summed E-state index contributed by atoms with van der Waals surface area (Å²) in [5, 5.41) is 0. The van der Waals surface area contributed by atoms with Crippen LogP contribution in [-0.4, -0.2) is 39.2 Å². The number of halogens is 1. The van der Waals surface area contributed by atoms with Gasteiger partial charge in [-0.25, -0.2) is 22.5 Å². The SMILES string of the molecule is CCCC1C=C(C(=O)NS(=O)(=O)c2cc(OC)ccc2OC)N=C1c1ncccc1F. The molecule has 1 aliphatic heterocycles. The Morgan fingerprint density at radius 2 is 2.00 bits per heavy atom. The van der Waals surface area contributed by atoms with Crippen molar-refractivity contribution in [2.45, 2.75) is 24.7 Å². The maximum Gasteiger partial charge on any atom is 0.283 e. The molecule has 31 heavy (non-hydrogen) atoms. The molecule has 1 aliphatic rings. The summed E-state index contributed by atoms with van der Waals surface area (Å²) in [6, 6.07) is 6.91. The fourth-order valence-electron chi connectivity index (χ4n) is 3.20. The molecule has 0 saturated heterocycles. The molecule has 3 rings (SSSR count). The van der Waals surface area contributed by atoms with Gasteiger partial charge in [-0.3, -0.25) is 9.78 Å². The van der Waals surface area contributed by atoms with E-state index in [1.54, 1.807) is 0 Å². The summed E-state index contributed by atoms with van der Waals surface area (Å²) in [5.74, 6) is -1.53. The average Bonchev–Trinajstić information content (AvgIpc) is 3.17. The van der Waals surface area contributed by atoms with Gasteiger partial charge in [0.15, 0.2) is 5.82 Å². The molecule has 0 radical (unpaired) electrons. The van der Waals surface area contributed by atoms with Crippen LogP contribution in [0, 0.1) is 11.7 Å². The second-order valence-corrected chi connectivity index (χ2v) is 8.38. The van der Waals surface area contributed by atoms with Gasteiger partial charge >= 0.3 is 0 Å². The van der Waals surface area contributed by atoms with Crippen LogP contribution in [0.1, 0.15) is 25.5 Å². The molecule has 0 fully saturated rings. The zero-order valence-electron chi connectivity index (χ0n) is 17.3. The van der Waals surface area contributed by atoms with E-state index in [9.17, 15) is 17.6 Å². The van der Waals surface area contributed by atoms with Crippen LogP contribution in [0.25, 0.3) is 0 Å². The number of benzene rings is 1. The standard InChI is InChI=1S/C21H22FN3O5S/c1-4-6-13-11-16(24-19(13)20-15(22)7-5-10-23-20)21(26)25-31(27,28)18-12-14(29-2)8-9-17(18)30-3/h5,7-13H,4,6H2,1-3H3,(H,25,26). The van der Waals surface area contributed by atoms with Crippen molar-refractivity contribution in [2.24, 2.45) is 10.9 Å². The molecule has 2 heterocycles. The largest absolute Gasteiger partial charge is 0.497 e. The van der Waals surface area contributed by atoms with Gasteiger partial charge in [-0.1, -0.05) is 13.3 Å². The Balaban J connectivity index is 1.92. The number of carbonyl (C=O) groups excluding carboxylic acids is 1. The number of hydrogen-bond donors (Lipinski definition) is 1. The number of amides is 1. The number of methoxy groups -OCH3 is 2. The highest BCUT2D eigenvalue weighted by Gasteiger charge is 2.30. The summed E-state index contributed by atoms with van der Waals surface area (Å²) < 4.78 is 52.1. The highest BCUT2D eigenvalue weighted by atomic mass is 32.2. The molecule has 10 heteroatoms. The Hall–Kier alpha value is -3.27. The normalized spacial score (nSPS) is 15.8. The molecule has 164 valence electrons. The number of carbonyl (C=O) groups is 1. The van der Waals surface area contributed by atoms with Crippen molar-refractivity contribution in [2.75, 3.05) is 14.2 Å². The lowest BCUT2D eigenvalue weighted by molar-refractivity contribution is -0.115. The van der Waals surface area contributed by atoms with Gasteiger partial charge < -0.3 is 9.47 Å². The van der Waals surface area contributed by atoms with Gasteiger partial charge in [-0.2, -0.15) is 0 Å². The summed E-state index contributed by atoms with van der Waals surface area (Å²) in [6.07, 6.45) is 4.31. The summed E-state index contributed by atoms with van der Waals surface area (Å²) in [6.45, 7) is 1.94. The van der Waals surface area contributed by atoms with E-state index in [0.717, 1.165) is 6.42 Å². The van der Waals surface area contributed by atoms with Crippen molar-refractivity contribution < 1.29 is 27.1 Å². The van der Waals surface area contributed by atoms with Gasteiger partial charge in [0.1, 0.15) is 27.8 Å². The molecule has 8 nitrogen and oxygen atoms in total. The van der Waals surface area contributed by atoms with Crippen molar-refractivity contribution in [1.82, 2.24) is 9.71 Å². The van der Waals surface area contributed by atoms with Crippen LogP contribution >= 0.6 is 0 Å². The topological polar surface area (TPSA) is 107 Å². The predicted molar refractivity (Wildman–Crippen MR) is 112 cm³/mol. The molecular weight excluding hydrogens is 425 g/mol. The van der Waals surface area contributed by atoms with E-state index >= 15 is 0 Å². The van der Waals surface area contributed by atoms with Gasteiger partial charge in [0.25, 0.3) is 15.9 Å². The van der Waals surface area contributed by atoms with Crippen LogP contribution in [0.5, 0.6) is 11.5 Å². The Labute approximate surface area is 179 Å². The minimum atomic E-state index is -4.30. The molecule has 1 unspecified atom stereocenters. The van der Waals surface area contributed by atoms with Crippen molar-refractivity contribution in [1.29, 1.82) is 0 Å². The number of rotatable bonds is 8. The number of hydrogen-bond acceptors (Lipinski definition) is 7. The van der Waals surface area contributed by atoms with E-state index in [2.05, 4.69) is 9.98 Å². The average molecular weight is 447 g/mol. The van der Waals surface area contributed by atoms with Gasteiger partial charge in [-0.15, -0.1) is 0 Å². The molecule has 1 aromatic carbocycles. The van der Waals surface area contributed by atoms with Crippen LogP contribution in [0.15, 0.2) is 58.2 Å². The molecule has 0 saturated carbocycles. The third-order valence-corrected chi connectivity index (χ3v) is 6.02. The first-order valence-electron chi connectivity index (χ1n) is 9.51. The first-order valence-corrected chi connectivity index (χ1v) is 11.0. The Morgan fingerprint density at radius 3 is 2.65 bits per heavy atom. The third-order valence-electron chi connectivity index (χ3n) is 4.67. The Kier molecular flexibility index (Phi) is 6.69. The first-order chi connectivity index (χ1) is 14.8. The van der Waals surface area contributed by atoms with Crippen molar-refractivity contribution in [3.05, 3.63) is 59.8 Å². The lowest BCUT2D eigenvalue weighted by atomic mass is 9.96. The number of ether oxygens (including phenoxy) is 2. The second-order valence-electron chi connectivity index (χ2n) is 6.73. The maximum absolute atomic E-state index is 14.2. The van der Waals surface area contributed by atoms with Crippen LogP contribution in [0.3, 0.4) is 0 Å². The van der Waals surface area contributed by atoms with Crippen LogP contribution in [0.2, 0.25) is 0 Å². The minimum Gasteiger partial charge on any atom is -0.497 e. The van der Waals surface area contributed by atoms with Crippen molar-refractivity contribution in [3.8, 4) is 11.5 Å². The predicted octanol–water partition coefficient (Wildman–Crippen LogP) is 2.85. The third kappa shape index (κ3) is 4.74. The monoisotopic (exact) mass is 447 g/mol. The zero-order chi connectivity index (χ0) is 22.6. The molecule has 0 bridgehead atoms. The van der Waals surface area contributed by atoms with Crippen LogP contribution < -0.4 is 14.2 Å². The highest BCUT2D eigenvalue weighted by molar-refractivity contribution is 7.90. The molecular formula is C21H22FN3O5S.